The number of hydrogen-bond acceptors (Lipinski definition) is 1. The highest BCUT2D eigenvalue weighted by Crippen LogP contribution is 2.20. The van der Waals surface area contributed by atoms with E-state index >= 15 is 0 Å². The molecule has 0 radical (unpaired) electrons. The molecule has 1 N–H and O–H groups in total. The molecule has 2 aromatic rings. The van der Waals surface area contributed by atoms with Crippen LogP contribution in [0.3, 0.4) is 0 Å². The topological polar surface area (TPSA) is 12.0 Å². The summed E-state index contributed by atoms with van der Waals surface area (Å²) in [5.41, 5.74) is 1.93. The summed E-state index contributed by atoms with van der Waals surface area (Å²) in [5, 5.41) is 2.73. The van der Waals surface area contributed by atoms with E-state index in [-0.39, 0.29) is 5.69 Å². The van der Waals surface area contributed by atoms with Gasteiger partial charge in [-0.15, -0.1) is 0 Å². The molecule has 1 nitrogen and oxygen atoms in total. The Morgan fingerprint density at radius 1 is 1.00 bits per heavy atom. The van der Waals surface area contributed by atoms with Gasteiger partial charge in [-0.05, 0) is 17.5 Å². The van der Waals surface area contributed by atoms with Crippen molar-refractivity contribution in [2.45, 2.75) is 19.9 Å². The number of benzene rings is 2. The van der Waals surface area contributed by atoms with Gasteiger partial charge >= 0.3 is 0 Å². The van der Waals surface area contributed by atoms with Crippen molar-refractivity contribution in [2.24, 2.45) is 0 Å². The maximum atomic E-state index is 13.5. The molecule has 0 saturated heterocycles. The summed E-state index contributed by atoms with van der Waals surface area (Å²) in [7, 11) is 0. The van der Waals surface area contributed by atoms with Gasteiger partial charge in [0, 0.05) is 18.7 Å². The van der Waals surface area contributed by atoms with E-state index in [0.29, 0.717) is 12.6 Å². The molecule has 0 amide bonds. The Balaban J connectivity index is 2.19. The Kier molecular flexibility index (Phi) is 4.10. The molecule has 4 heteroatoms. The SMILES string of the molecule is CCc1ccccc1CNc1cc(F)cc(F)c1F. The van der Waals surface area contributed by atoms with E-state index in [4.69, 9.17) is 0 Å². The van der Waals surface area contributed by atoms with Gasteiger partial charge in [0.1, 0.15) is 5.82 Å². The maximum Gasteiger partial charge on any atom is 0.182 e. The second kappa shape index (κ2) is 5.78. The third-order valence-electron chi connectivity index (χ3n) is 2.96. The van der Waals surface area contributed by atoms with E-state index in [9.17, 15) is 13.2 Å². The molecule has 0 aliphatic heterocycles. The Labute approximate surface area is 110 Å². The van der Waals surface area contributed by atoms with Gasteiger partial charge in [0.25, 0.3) is 0 Å². The van der Waals surface area contributed by atoms with Gasteiger partial charge in [-0.25, -0.2) is 13.2 Å². The van der Waals surface area contributed by atoms with Crippen LogP contribution in [0.4, 0.5) is 18.9 Å². The van der Waals surface area contributed by atoms with Crippen molar-refractivity contribution >= 4 is 5.69 Å². The molecule has 100 valence electrons. The first kappa shape index (κ1) is 13.5. The van der Waals surface area contributed by atoms with E-state index in [1.807, 2.05) is 31.2 Å². The number of halogens is 3. The molecule has 0 bridgehead atoms. The maximum absolute atomic E-state index is 13.5. The lowest BCUT2D eigenvalue weighted by Gasteiger charge is -2.11. The molecule has 0 aliphatic carbocycles. The quantitative estimate of drug-likeness (QED) is 0.814. The third kappa shape index (κ3) is 3.08. The van der Waals surface area contributed by atoms with Gasteiger partial charge in [0.2, 0.25) is 0 Å². The average Bonchev–Trinajstić information content (AvgIpc) is 2.41. The summed E-state index contributed by atoms with van der Waals surface area (Å²) in [6, 6.07) is 9.15. The number of hydrogen-bond donors (Lipinski definition) is 1. The summed E-state index contributed by atoms with van der Waals surface area (Å²) < 4.78 is 39.6. The molecule has 0 saturated carbocycles. The van der Waals surface area contributed by atoms with Crippen molar-refractivity contribution in [2.75, 3.05) is 5.32 Å². The van der Waals surface area contributed by atoms with Crippen molar-refractivity contribution in [3.8, 4) is 0 Å². The van der Waals surface area contributed by atoms with Crippen molar-refractivity contribution in [3.05, 3.63) is 65.0 Å². The molecule has 0 heterocycles. The largest absolute Gasteiger partial charge is 0.378 e. The Morgan fingerprint density at radius 3 is 2.37 bits per heavy atom. The highest BCUT2D eigenvalue weighted by Gasteiger charge is 2.11. The molecule has 0 spiro atoms. The normalized spacial score (nSPS) is 10.5. The van der Waals surface area contributed by atoms with E-state index in [1.165, 1.54) is 0 Å². The molecule has 19 heavy (non-hydrogen) atoms. The molecular weight excluding hydrogens is 251 g/mol. The van der Waals surface area contributed by atoms with Crippen LogP contribution in [0.15, 0.2) is 36.4 Å². The molecule has 2 aromatic carbocycles. The van der Waals surface area contributed by atoms with Gasteiger partial charge in [-0.3, -0.25) is 0 Å². The zero-order chi connectivity index (χ0) is 13.8. The second-order valence-corrected chi connectivity index (χ2v) is 4.22. The van der Waals surface area contributed by atoms with Crippen LogP contribution in [-0.4, -0.2) is 0 Å². The number of aryl methyl sites for hydroxylation is 1. The van der Waals surface area contributed by atoms with E-state index in [2.05, 4.69) is 5.32 Å². The van der Waals surface area contributed by atoms with Crippen LogP contribution in [0.1, 0.15) is 18.1 Å². The average molecular weight is 265 g/mol. The summed E-state index contributed by atoms with van der Waals surface area (Å²) >= 11 is 0. The molecule has 0 atom stereocenters. The minimum Gasteiger partial charge on any atom is -0.378 e. The molecular formula is C15H14F3N. The molecule has 0 unspecified atom stereocenters. The fourth-order valence-corrected chi connectivity index (χ4v) is 1.95. The lowest BCUT2D eigenvalue weighted by Crippen LogP contribution is -2.05. The molecule has 2 rings (SSSR count). The fraction of sp³-hybridized carbons (Fsp3) is 0.200. The van der Waals surface area contributed by atoms with Crippen LogP contribution in [0.2, 0.25) is 0 Å². The second-order valence-electron chi connectivity index (χ2n) is 4.22. The van der Waals surface area contributed by atoms with Crippen LogP contribution < -0.4 is 5.32 Å². The molecule has 0 aromatic heterocycles. The third-order valence-corrected chi connectivity index (χ3v) is 2.96. The molecule has 0 aliphatic rings. The summed E-state index contributed by atoms with van der Waals surface area (Å²) in [6.45, 7) is 2.34. The summed E-state index contributed by atoms with van der Waals surface area (Å²) in [5.74, 6) is -3.05. The first-order valence-electron chi connectivity index (χ1n) is 6.07. The number of nitrogens with one attached hydrogen (secondary N) is 1. The zero-order valence-electron chi connectivity index (χ0n) is 10.5. The Hall–Kier alpha value is -1.97. The summed E-state index contributed by atoms with van der Waals surface area (Å²) in [4.78, 5) is 0. The zero-order valence-corrected chi connectivity index (χ0v) is 10.5. The van der Waals surface area contributed by atoms with E-state index in [0.717, 1.165) is 23.6 Å². The fourth-order valence-electron chi connectivity index (χ4n) is 1.95. The van der Waals surface area contributed by atoms with Crippen molar-refractivity contribution in [3.63, 3.8) is 0 Å². The van der Waals surface area contributed by atoms with Gasteiger partial charge in [-0.1, -0.05) is 31.2 Å². The monoisotopic (exact) mass is 265 g/mol. The number of rotatable bonds is 4. The van der Waals surface area contributed by atoms with Crippen molar-refractivity contribution < 1.29 is 13.2 Å². The van der Waals surface area contributed by atoms with Crippen LogP contribution in [-0.2, 0) is 13.0 Å². The lowest BCUT2D eigenvalue weighted by atomic mass is 10.1. The lowest BCUT2D eigenvalue weighted by molar-refractivity contribution is 0.497. The Bertz CT molecular complexity index is 582. The van der Waals surface area contributed by atoms with Crippen LogP contribution >= 0.6 is 0 Å². The van der Waals surface area contributed by atoms with Crippen LogP contribution in [0, 0.1) is 17.5 Å². The van der Waals surface area contributed by atoms with Gasteiger partial charge < -0.3 is 5.32 Å². The highest BCUT2D eigenvalue weighted by molar-refractivity contribution is 5.46. The van der Waals surface area contributed by atoms with Crippen LogP contribution in [0.25, 0.3) is 0 Å². The van der Waals surface area contributed by atoms with Crippen molar-refractivity contribution in [1.29, 1.82) is 0 Å². The van der Waals surface area contributed by atoms with Crippen molar-refractivity contribution in [1.82, 2.24) is 0 Å². The molecule has 0 fully saturated rings. The first-order valence-corrected chi connectivity index (χ1v) is 6.07. The highest BCUT2D eigenvalue weighted by atomic mass is 19.2. The first-order chi connectivity index (χ1) is 9.11. The van der Waals surface area contributed by atoms with Gasteiger partial charge in [0.15, 0.2) is 11.6 Å². The summed E-state index contributed by atoms with van der Waals surface area (Å²) in [6.07, 6.45) is 0.845. The van der Waals surface area contributed by atoms with Gasteiger partial charge in [0.05, 0.1) is 5.69 Å². The standard InChI is InChI=1S/C15H14F3N/c1-2-10-5-3-4-6-11(10)9-19-14-8-12(16)7-13(17)15(14)18/h3-8,19H,2,9H2,1H3. The Morgan fingerprint density at radius 2 is 1.68 bits per heavy atom. The van der Waals surface area contributed by atoms with E-state index in [1.54, 1.807) is 0 Å². The number of anilines is 1. The smallest absolute Gasteiger partial charge is 0.182 e. The predicted molar refractivity (Wildman–Crippen MR) is 69.5 cm³/mol. The van der Waals surface area contributed by atoms with Gasteiger partial charge in [-0.2, -0.15) is 0 Å². The van der Waals surface area contributed by atoms with Crippen LogP contribution in [0.5, 0.6) is 0 Å². The van der Waals surface area contributed by atoms with E-state index < -0.39 is 17.5 Å². The predicted octanol–water partition coefficient (Wildman–Crippen LogP) is 4.28. The minimum absolute atomic E-state index is 0.164. The minimum atomic E-state index is -1.19.